The lowest BCUT2D eigenvalue weighted by Crippen LogP contribution is -2.32. The number of benzene rings is 1. The standard InChI is InChI=1S/C22H25N3O5S/c1-13(2)12-25-20(27)17-8-7-15(21(28)29-4)10-18(17)24-22(25)31-14(3)19(26)23-11-16-6-5-9-30-16/h5-10,13-14H,11-12H2,1-4H3,(H,23,26). The number of fused-ring (bicyclic) bond motifs is 1. The van der Waals surface area contributed by atoms with Gasteiger partial charge >= 0.3 is 5.97 Å². The number of carbonyl (C=O) groups is 2. The van der Waals surface area contributed by atoms with Gasteiger partial charge in [-0.1, -0.05) is 25.6 Å². The minimum absolute atomic E-state index is 0.199. The van der Waals surface area contributed by atoms with Crippen LogP contribution in [0, 0.1) is 5.92 Å². The van der Waals surface area contributed by atoms with Gasteiger partial charge in [0.05, 0.1) is 41.6 Å². The maximum atomic E-state index is 13.1. The number of hydrogen-bond acceptors (Lipinski definition) is 7. The number of aromatic nitrogens is 2. The van der Waals surface area contributed by atoms with Gasteiger partial charge in [-0.25, -0.2) is 9.78 Å². The van der Waals surface area contributed by atoms with Gasteiger partial charge in [0.15, 0.2) is 5.16 Å². The number of furan rings is 1. The third kappa shape index (κ3) is 5.35. The van der Waals surface area contributed by atoms with Crippen LogP contribution in [0.15, 0.2) is 51.0 Å². The van der Waals surface area contributed by atoms with Crippen molar-refractivity contribution < 1.29 is 18.7 Å². The zero-order valence-electron chi connectivity index (χ0n) is 17.9. The number of amides is 1. The van der Waals surface area contributed by atoms with Crippen molar-refractivity contribution in [2.75, 3.05) is 7.11 Å². The normalized spacial score (nSPS) is 12.2. The van der Waals surface area contributed by atoms with Crippen LogP contribution in [0.2, 0.25) is 0 Å². The molecule has 164 valence electrons. The summed E-state index contributed by atoms with van der Waals surface area (Å²) in [5.74, 6) is 0.153. The van der Waals surface area contributed by atoms with Crippen molar-refractivity contribution in [3.63, 3.8) is 0 Å². The first kappa shape index (κ1) is 22.6. The van der Waals surface area contributed by atoms with Gasteiger partial charge < -0.3 is 14.5 Å². The molecule has 1 aromatic carbocycles. The molecular formula is C22H25N3O5S. The van der Waals surface area contributed by atoms with Crippen molar-refractivity contribution in [1.82, 2.24) is 14.9 Å². The van der Waals surface area contributed by atoms with E-state index in [4.69, 9.17) is 9.15 Å². The average molecular weight is 444 g/mol. The quantitative estimate of drug-likeness (QED) is 0.324. The second-order valence-corrected chi connectivity index (χ2v) is 8.79. The van der Waals surface area contributed by atoms with Gasteiger partial charge in [0.2, 0.25) is 5.91 Å². The van der Waals surface area contributed by atoms with E-state index in [1.165, 1.54) is 24.9 Å². The van der Waals surface area contributed by atoms with Crippen LogP contribution < -0.4 is 10.9 Å². The Labute approximate surface area is 184 Å². The lowest BCUT2D eigenvalue weighted by molar-refractivity contribution is -0.120. The average Bonchev–Trinajstić information content (AvgIpc) is 3.27. The number of esters is 1. The Morgan fingerprint density at radius 2 is 2.03 bits per heavy atom. The second kappa shape index (κ2) is 9.82. The fourth-order valence-corrected chi connectivity index (χ4v) is 3.95. The van der Waals surface area contributed by atoms with Crippen LogP contribution in [0.3, 0.4) is 0 Å². The molecule has 2 heterocycles. The fraction of sp³-hybridized carbons (Fsp3) is 0.364. The number of hydrogen-bond donors (Lipinski definition) is 1. The van der Waals surface area contributed by atoms with Gasteiger partial charge in [-0.2, -0.15) is 0 Å². The minimum Gasteiger partial charge on any atom is -0.467 e. The SMILES string of the molecule is COC(=O)c1ccc2c(=O)n(CC(C)C)c(SC(C)C(=O)NCc3ccco3)nc2c1. The molecule has 2 aromatic heterocycles. The molecule has 8 nitrogen and oxygen atoms in total. The van der Waals surface area contributed by atoms with E-state index in [2.05, 4.69) is 10.3 Å². The molecule has 0 saturated heterocycles. The van der Waals surface area contributed by atoms with Crippen LogP contribution in [0.4, 0.5) is 0 Å². The van der Waals surface area contributed by atoms with Crippen molar-refractivity contribution in [2.24, 2.45) is 5.92 Å². The van der Waals surface area contributed by atoms with E-state index in [0.717, 1.165) is 0 Å². The topological polar surface area (TPSA) is 103 Å². The maximum absolute atomic E-state index is 13.1. The number of nitrogens with zero attached hydrogens (tertiary/aromatic N) is 2. The molecule has 0 radical (unpaired) electrons. The summed E-state index contributed by atoms with van der Waals surface area (Å²) >= 11 is 1.20. The molecular weight excluding hydrogens is 418 g/mol. The summed E-state index contributed by atoms with van der Waals surface area (Å²) < 4.78 is 11.6. The monoisotopic (exact) mass is 443 g/mol. The highest BCUT2D eigenvalue weighted by molar-refractivity contribution is 8.00. The molecule has 0 aliphatic heterocycles. The molecule has 3 aromatic rings. The molecule has 1 amide bonds. The van der Waals surface area contributed by atoms with E-state index in [1.807, 2.05) is 13.8 Å². The number of methoxy groups -OCH3 is 1. The molecule has 0 saturated carbocycles. The molecule has 1 unspecified atom stereocenters. The maximum Gasteiger partial charge on any atom is 0.337 e. The first-order chi connectivity index (χ1) is 14.8. The summed E-state index contributed by atoms with van der Waals surface area (Å²) in [5, 5.41) is 3.15. The third-order valence-corrected chi connectivity index (χ3v) is 5.65. The molecule has 0 bridgehead atoms. The molecule has 0 spiro atoms. The highest BCUT2D eigenvalue weighted by atomic mass is 32.2. The van der Waals surface area contributed by atoms with E-state index < -0.39 is 11.2 Å². The van der Waals surface area contributed by atoms with E-state index >= 15 is 0 Å². The van der Waals surface area contributed by atoms with E-state index in [1.54, 1.807) is 42.0 Å². The predicted octanol–water partition coefficient (Wildman–Crippen LogP) is 3.23. The highest BCUT2D eigenvalue weighted by Crippen LogP contribution is 2.24. The summed E-state index contributed by atoms with van der Waals surface area (Å²) in [6.45, 7) is 6.51. The number of rotatable bonds is 8. The van der Waals surface area contributed by atoms with Crippen molar-refractivity contribution in [2.45, 2.75) is 44.3 Å². The molecule has 0 fully saturated rings. The van der Waals surface area contributed by atoms with Crippen LogP contribution >= 0.6 is 11.8 Å². The largest absolute Gasteiger partial charge is 0.467 e. The Morgan fingerprint density at radius 1 is 1.26 bits per heavy atom. The fourth-order valence-electron chi connectivity index (χ4n) is 3.00. The number of carbonyl (C=O) groups excluding carboxylic acids is 2. The van der Waals surface area contributed by atoms with Gasteiger partial charge in [-0.05, 0) is 43.2 Å². The summed E-state index contributed by atoms with van der Waals surface area (Å²) in [6.07, 6.45) is 1.55. The second-order valence-electron chi connectivity index (χ2n) is 7.48. The summed E-state index contributed by atoms with van der Waals surface area (Å²) in [6, 6.07) is 8.21. The Hall–Kier alpha value is -3.07. The smallest absolute Gasteiger partial charge is 0.337 e. The van der Waals surface area contributed by atoms with Crippen molar-refractivity contribution in [3.05, 3.63) is 58.3 Å². The van der Waals surface area contributed by atoms with E-state index in [-0.39, 0.29) is 23.9 Å². The Kier molecular flexibility index (Phi) is 7.17. The molecule has 3 rings (SSSR count). The van der Waals surface area contributed by atoms with E-state index in [0.29, 0.717) is 33.9 Å². The molecule has 1 atom stereocenters. The highest BCUT2D eigenvalue weighted by Gasteiger charge is 2.20. The van der Waals surface area contributed by atoms with Gasteiger partial charge in [0.1, 0.15) is 5.76 Å². The van der Waals surface area contributed by atoms with Crippen molar-refractivity contribution in [3.8, 4) is 0 Å². The predicted molar refractivity (Wildman–Crippen MR) is 118 cm³/mol. The number of ether oxygens (including phenoxy) is 1. The minimum atomic E-state index is -0.505. The van der Waals surface area contributed by atoms with Crippen LogP contribution in [0.1, 0.15) is 36.9 Å². The lowest BCUT2D eigenvalue weighted by Gasteiger charge is -2.17. The van der Waals surface area contributed by atoms with Gasteiger partial charge in [-0.3, -0.25) is 14.2 Å². The summed E-state index contributed by atoms with van der Waals surface area (Å²) in [5.41, 5.74) is 0.489. The van der Waals surface area contributed by atoms with Gasteiger partial charge in [0.25, 0.3) is 5.56 Å². The van der Waals surface area contributed by atoms with Crippen molar-refractivity contribution in [1.29, 1.82) is 0 Å². The zero-order valence-corrected chi connectivity index (χ0v) is 18.7. The molecule has 1 N–H and O–H groups in total. The van der Waals surface area contributed by atoms with Crippen molar-refractivity contribution >= 4 is 34.5 Å². The summed E-state index contributed by atoms with van der Waals surface area (Å²) in [4.78, 5) is 42.2. The zero-order chi connectivity index (χ0) is 22.5. The van der Waals surface area contributed by atoms with E-state index in [9.17, 15) is 14.4 Å². The van der Waals surface area contributed by atoms with Gasteiger partial charge in [0, 0.05) is 6.54 Å². The Bertz CT molecular complexity index is 1140. The molecule has 31 heavy (non-hydrogen) atoms. The first-order valence-electron chi connectivity index (χ1n) is 9.89. The molecule has 0 aliphatic carbocycles. The van der Waals surface area contributed by atoms with Gasteiger partial charge in [-0.15, -0.1) is 0 Å². The van der Waals surface area contributed by atoms with Crippen LogP contribution in [-0.2, 0) is 22.6 Å². The van der Waals surface area contributed by atoms with Crippen LogP contribution in [0.5, 0.6) is 0 Å². The van der Waals surface area contributed by atoms with Crippen LogP contribution in [0.25, 0.3) is 10.9 Å². The number of thioether (sulfide) groups is 1. The Morgan fingerprint density at radius 3 is 2.68 bits per heavy atom. The van der Waals surface area contributed by atoms with Crippen LogP contribution in [-0.4, -0.2) is 33.8 Å². The number of nitrogens with one attached hydrogen (secondary N) is 1. The molecule has 0 aliphatic rings. The lowest BCUT2D eigenvalue weighted by atomic mass is 10.1. The molecule has 9 heteroatoms. The summed E-state index contributed by atoms with van der Waals surface area (Å²) in [7, 11) is 1.30. The Balaban J connectivity index is 1.92. The third-order valence-electron chi connectivity index (χ3n) is 4.56. The first-order valence-corrected chi connectivity index (χ1v) is 10.8.